The average molecular weight is 654 g/mol. The van der Waals surface area contributed by atoms with Crippen molar-refractivity contribution in [3.8, 4) is 39.1 Å². The van der Waals surface area contributed by atoms with E-state index < -0.39 is 5.60 Å². The fourth-order valence-electron chi connectivity index (χ4n) is 7.46. The Morgan fingerprint density at radius 1 is 0.333 bits per heavy atom. The molecule has 0 N–H and O–H groups in total. The van der Waals surface area contributed by atoms with E-state index in [1.54, 1.807) is 0 Å². The molecule has 242 valence electrons. The van der Waals surface area contributed by atoms with E-state index in [0.29, 0.717) is 0 Å². The summed E-state index contributed by atoms with van der Waals surface area (Å²) < 4.78 is 7.52. The van der Waals surface area contributed by atoms with Gasteiger partial charge in [0.25, 0.3) is 0 Å². The lowest BCUT2D eigenvalue weighted by Crippen LogP contribution is -2.38. The fourth-order valence-corrected chi connectivity index (χ4v) is 7.46. The van der Waals surface area contributed by atoms with Gasteiger partial charge in [0.05, 0.1) is 0 Å². The Hall–Kier alpha value is -6.64. The molecule has 8 aromatic rings. The third kappa shape index (κ3) is 5.48. The van der Waals surface area contributed by atoms with Crippen molar-refractivity contribution in [2.45, 2.75) is 5.60 Å². The molecule has 0 aliphatic carbocycles. The van der Waals surface area contributed by atoms with Crippen molar-refractivity contribution in [2.24, 2.45) is 0 Å². The van der Waals surface area contributed by atoms with Crippen LogP contribution in [0.1, 0.15) is 16.7 Å². The molecule has 8 aromatic carbocycles. The first kappa shape index (κ1) is 30.4. The zero-order valence-electron chi connectivity index (χ0n) is 28.1. The monoisotopic (exact) mass is 653 g/mol. The Morgan fingerprint density at radius 3 is 1.31 bits per heavy atom. The molecule has 0 bridgehead atoms. The molecule has 0 radical (unpaired) electrons. The highest BCUT2D eigenvalue weighted by molar-refractivity contribution is 5.86. The molecule has 0 atom stereocenters. The zero-order chi connectivity index (χ0) is 34.0. The summed E-state index contributed by atoms with van der Waals surface area (Å²) in [4.78, 5) is 2.29. The van der Waals surface area contributed by atoms with Gasteiger partial charge >= 0.3 is 0 Å². The molecule has 1 heterocycles. The topological polar surface area (TPSA) is 12.5 Å². The maximum Gasteiger partial charge on any atom is 0.185 e. The Labute approximate surface area is 299 Å². The molecule has 9 rings (SSSR count). The van der Waals surface area contributed by atoms with Gasteiger partial charge in [-0.3, -0.25) is 0 Å². The van der Waals surface area contributed by atoms with Crippen molar-refractivity contribution in [1.29, 1.82) is 0 Å². The maximum atomic E-state index is 7.52. The van der Waals surface area contributed by atoms with Crippen molar-refractivity contribution < 1.29 is 4.74 Å². The Kier molecular flexibility index (Phi) is 7.75. The summed E-state index contributed by atoms with van der Waals surface area (Å²) in [5, 5.41) is 0. The molecule has 0 spiro atoms. The molecular weight excluding hydrogens is 619 g/mol. The lowest BCUT2D eigenvalue weighted by molar-refractivity contribution is 0.152. The number of benzene rings is 8. The van der Waals surface area contributed by atoms with Gasteiger partial charge in [0.2, 0.25) is 0 Å². The van der Waals surface area contributed by atoms with Gasteiger partial charge in [-0.1, -0.05) is 164 Å². The van der Waals surface area contributed by atoms with Crippen molar-refractivity contribution in [2.75, 3.05) is 4.90 Å². The normalized spacial score (nSPS) is 12.6. The minimum absolute atomic E-state index is 0.838. The van der Waals surface area contributed by atoms with E-state index in [1.165, 1.54) is 11.1 Å². The second-order valence-electron chi connectivity index (χ2n) is 12.9. The van der Waals surface area contributed by atoms with Crippen LogP contribution in [0.5, 0.6) is 5.75 Å². The lowest BCUT2D eigenvalue weighted by Gasteiger charge is -2.42. The van der Waals surface area contributed by atoms with Crippen molar-refractivity contribution >= 4 is 17.1 Å². The molecule has 0 saturated heterocycles. The predicted octanol–water partition coefficient (Wildman–Crippen LogP) is 12.8. The Bertz CT molecular complexity index is 2330. The van der Waals surface area contributed by atoms with E-state index >= 15 is 0 Å². The van der Waals surface area contributed by atoms with E-state index in [0.717, 1.165) is 61.8 Å². The first-order valence-corrected chi connectivity index (χ1v) is 17.4. The van der Waals surface area contributed by atoms with Gasteiger partial charge < -0.3 is 9.64 Å². The highest BCUT2D eigenvalue weighted by Gasteiger charge is 2.44. The van der Waals surface area contributed by atoms with E-state index in [1.807, 2.05) is 0 Å². The van der Waals surface area contributed by atoms with Crippen molar-refractivity contribution in [3.63, 3.8) is 0 Å². The number of ether oxygens (including phenoxy) is 1. The molecule has 2 heteroatoms. The third-order valence-electron chi connectivity index (χ3n) is 9.89. The van der Waals surface area contributed by atoms with E-state index in [4.69, 9.17) is 4.74 Å². The molecule has 0 saturated carbocycles. The van der Waals surface area contributed by atoms with Crippen LogP contribution in [-0.2, 0) is 5.60 Å². The molecule has 1 aliphatic rings. The third-order valence-corrected chi connectivity index (χ3v) is 9.89. The maximum absolute atomic E-state index is 7.52. The standard InChI is InChI=1S/C49H35NO/c1-6-16-36(17-7-1)37-26-28-38(29-27-37)39-30-32-45-46-33-31-44(50(42-22-12-4-13-23-42)43-24-14-5-15-25-43)35-48(46)51-49(47(45)34-39,40-18-8-2-9-19-40)41-20-10-3-11-21-41/h1-35H. The van der Waals surface area contributed by atoms with Crippen molar-refractivity contribution in [3.05, 3.63) is 229 Å². The summed E-state index contributed by atoms with van der Waals surface area (Å²) in [6.07, 6.45) is 0. The van der Waals surface area contributed by atoms with E-state index in [9.17, 15) is 0 Å². The summed E-state index contributed by atoms with van der Waals surface area (Å²) in [6.45, 7) is 0. The number of hydrogen-bond donors (Lipinski definition) is 0. The zero-order valence-corrected chi connectivity index (χ0v) is 28.1. The lowest BCUT2D eigenvalue weighted by atomic mass is 9.74. The molecule has 0 amide bonds. The minimum atomic E-state index is -0.895. The highest BCUT2D eigenvalue weighted by atomic mass is 16.5. The number of nitrogens with zero attached hydrogens (tertiary/aromatic N) is 1. The Morgan fingerprint density at radius 2 is 0.765 bits per heavy atom. The minimum Gasteiger partial charge on any atom is -0.472 e. The van der Waals surface area contributed by atoms with Crippen LogP contribution in [-0.4, -0.2) is 0 Å². The van der Waals surface area contributed by atoms with E-state index in [2.05, 4.69) is 217 Å². The number of para-hydroxylation sites is 2. The van der Waals surface area contributed by atoms with Gasteiger partial charge in [-0.15, -0.1) is 0 Å². The highest BCUT2D eigenvalue weighted by Crippen LogP contribution is 2.53. The summed E-state index contributed by atoms with van der Waals surface area (Å²) in [5.41, 5.74) is 12.5. The van der Waals surface area contributed by atoms with Crippen LogP contribution in [0.15, 0.2) is 212 Å². The molecular formula is C49H35NO. The number of rotatable bonds is 7. The van der Waals surface area contributed by atoms with Crippen LogP contribution >= 0.6 is 0 Å². The Balaban J connectivity index is 1.25. The van der Waals surface area contributed by atoms with Crippen LogP contribution in [0.3, 0.4) is 0 Å². The van der Waals surface area contributed by atoms with Crippen LogP contribution < -0.4 is 9.64 Å². The first-order chi connectivity index (χ1) is 25.3. The number of anilines is 3. The molecule has 1 aliphatic heterocycles. The summed E-state index contributed by atoms with van der Waals surface area (Å²) in [6, 6.07) is 75.2. The molecule has 51 heavy (non-hydrogen) atoms. The smallest absolute Gasteiger partial charge is 0.185 e. The number of fused-ring (bicyclic) bond motifs is 3. The summed E-state index contributed by atoms with van der Waals surface area (Å²) >= 11 is 0. The van der Waals surface area contributed by atoms with Gasteiger partial charge in [-0.05, 0) is 70.3 Å². The SMILES string of the molecule is c1ccc(-c2ccc(-c3ccc4c(c3)C(c3ccccc3)(c3ccccc3)Oc3cc(N(c5ccccc5)c5ccccc5)ccc3-4)cc2)cc1. The van der Waals surface area contributed by atoms with Crippen LogP contribution in [0.2, 0.25) is 0 Å². The molecule has 0 fully saturated rings. The average Bonchev–Trinajstić information content (AvgIpc) is 3.22. The van der Waals surface area contributed by atoms with Crippen LogP contribution in [0, 0.1) is 0 Å². The van der Waals surface area contributed by atoms with Gasteiger partial charge in [-0.2, -0.15) is 0 Å². The quantitative estimate of drug-likeness (QED) is 0.170. The predicted molar refractivity (Wildman–Crippen MR) is 211 cm³/mol. The largest absolute Gasteiger partial charge is 0.472 e. The van der Waals surface area contributed by atoms with Gasteiger partial charge in [0.15, 0.2) is 5.60 Å². The van der Waals surface area contributed by atoms with Gasteiger partial charge in [0.1, 0.15) is 5.75 Å². The van der Waals surface area contributed by atoms with Crippen LogP contribution in [0.4, 0.5) is 17.1 Å². The number of hydrogen-bond acceptors (Lipinski definition) is 2. The van der Waals surface area contributed by atoms with Crippen LogP contribution in [0.25, 0.3) is 33.4 Å². The molecule has 0 unspecified atom stereocenters. The van der Waals surface area contributed by atoms with Gasteiger partial charge in [0, 0.05) is 45.4 Å². The second kappa shape index (κ2) is 13.0. The molecule has 2 nitrogen and oxygen atoms in total. The summed E-state index contributed by atoms with van der Waals surface area (Å²) in [7, 11) is 0. The fraction of sp³-hybridized carbons (Fsp3) is 0.0204. The van der Waals surface area contributed by atoms with E-state index in [-0.39, 0.29) is 0 Å². The second-order valence-corrected chi connectivity index (χ2v) is 12.9. The van der Waals surface area contributed by atoms with Crippen molar-refractivity contribution in [1.82, 2.24) is 0 Å². The first-order valence-electron chi connectivity index (χ1n) is 17.4. The summed E-state index contributed by atoms with van der Waals surface area (Å²) in [5.74, 6) is 0.838. The van der Waals surface area contributed by atoms with Gasteiger partial charge in [-0.25, -0.2) is 0 Å². The molecule has 0 aromatic heterocycles.